The molecule has 2 fully saturated rings. The summed E-state index contributed by atoms with van der Waals surface area (Å²) in [5.74, 6) is 1.95. The number of likely N-dealkylation sites (tertiary alicyclic amines) is 1. The number of carbonyl (C=O) groups is 1. The molecule has 0 spiro atoms. The van der Waals surface area contributed by atoms with E-state index >= 15 is 0 Å². The van der Waals surface area contributed by atoms with E-state index in [0.717, 1.165) is 31.9 Å². The standard InChI is InChI=1S/C17H28N4O3/c1-12-11-21(16(22)4-3-15-18-13(2)19-20-15)8-7-17(12,23)14-5-9-24-10-6-14/h12,14,23H,3-11H2,1-2H3,(H,18,19,20)/t12-,17+/m1/s1. The van der Waals surface area contributed by atoms with Crippen molar-refractivity contribution >= 4 is 5.91 Å². The van der Waals surface area contributed by atoms with Crippen molar-refractivity contribution in [2.24, 2.45) is 11.8 Å². The lowest BCUT2D eigenvalue weighted by molar-refractivity contribution is -0.151. The SMILES string of the molecule is Cc1nc(CCC(=O)N2CC[C@@](O)(C3CCOCC3)[C@H](C)C2)n[nH]1. The number of amides is 1. The van der Waals surface area contributed by atoms with E-state index in [0.29, 0.717) is 38.2 Å². The third-order valence-corrected chi connectivity index (χ3v) is 5.62. The molecule has 24 heavy (non-hydrogen) atoms. The minimum absolute atomic E-state index is 0.0871. The molecule has 3 heterocycles. The van der Waals surface area contributed by atoms with Crippen LogP contribution in [0.15, 0.2) is 0 Å². The predicted molar refractivity (Wildman–Crippen MR) is 88.3 cm³/mol. The van der Waals surface area contributed by atoms with E-state index < -0.39 is 5.60 Å². The van der Waals surface area contributed by atoms with E-state index in [2.05, 4.69) is 22.1 Å². The van der Waals surface area contributed by atoms with Gasteiger partial charge in [-0.15, -0.1) is 0 Å². The highest BCUT2D eigenvalue weighted by Gasteiger charge is 2.45. The minimum Gasteiger partial charge on any atom is -0.389 e. The number of aromatic nitrogens is 3. The van der Waals surface area contributed by atoms with E-state index in [1.165, 1.54) is 0 Å². The van der Waals surface area contributed by atoms with Crippen LogP contribution in [0.5, 0.6) is 0 Å². The van der Waals surface area contributed by atoms with Crippen molar-refractivity contribution in [3.05, 3.63) is 11.6 Å². The summed E-state index contributed by atoms with van der Waals surface area (Å²) in [4.78, 5) is 18.6. The van der Waals surface area contributed by atoms with Crippen LogP contribution in [0.2, 0.25) is 0 Å². The number of nitrogens with one attached hydrogen (secondary N) is 1. The highest BCUT2D eigenvalue weighted by Crippen LogP contribution is 2.39. The average Bonchev–Trinajstić information content (AvgIpc) is 3.01. The number of hydrogen-bond acceptors (Lipinski definition) is 5. The lowest BCUT2D eigenvalue weighted by Gasteiger charge is -2.48. The zero-order valence-corrected chi connectivity index (χ0v) is 14.6. The fourth-order valence-corrected chi connectivity index (χ4v) is 4.05. The topological polar surface area (TPSA) is 91.3 Å². The second kappa shape index (κ2) is 7.19. The maximum atomic E-state index is 12.5. The monoisotopic (exact) mass is 336 g/mol. The van der Waals surface area contributed by atoms with Crippen LogP contribution in [-0.4, -0.2) is 63.0 Å². The molecule has 0 radical (unpaired) electrons. The largest absolute Gasteiger partial charge is 0.389 e. The maximum Gasteiger partial charge on any atom is 0.223 e. The quantitative estimate of drug-likeness (QED) is 0.858. The summed E-state index contributed by atoms with van der Waals surface area (Å²) in [7, 11) is 0. The molecule has 0 bridgehead atoms. The number of aromatic amines is 1. The molecule has 1 aromatic heterocycles. The van der Waals surface area contributed by atoms with Crippen LogP contribution < -0.4 is 0 Å². The van der Waals surface area contributed by atoms with E-state index in [-0.39, 0.29) is 17.7 Å². The summed E-state index contributed by atoms with van der Waals surface area (Å²) in [6, 6.07) is 0. The summed E-state index contributed by atoms with van der Waals surface area (Å²) >= 11 is 0. The predicted octanol–water partition coefficient (Wildman–Crippen LogP) is 1.07. The van der Waals surface area contributed by atoms with E-state index in [4.69, 9.17) is 4.74 Å². The van der Waals surface area contributed by atoms with Crippen LogP contribution >= 0.6 is 0 Å². The molecule has 0 aromatic carbocycles. The van der Waals surface area contributed by atoms with Crippen LogP contribution in [0.25, 0.3) is 0 Å². The lowest BCUT2D eigenvalue weighted by atomic mass is 9.70. The van der Waals surface area contributed by atoms with E-state index in [1.807, 2.05) is 11.8 Å². The summed E-state index contributed by atoms with van der Waals surface area (Å²) < 4.78 is 5.42. The van der Waals surface area contributed by atoms with Gasteiger partial charge in [-0.05, 0) is 32.1 Å². The third kappa shape index (κ3) is 3.62. The maximum absolute atomic E-state index is 12.5. The fraction of sp³-hybridized carbons (Fsp3) is 0.824. The molecule has 1 amide bonds. The molecule has 7 nitrogen and oxygen atoms in total. The molecule has 0 saturated carbocycles. The first kappa shape index (κ1) is 17.4. The molecule has 2 aliphatic rings. The van der Waals surface area contributed by atoms with Crippen molar-refractivity contribution in [3.63, 3.8) is 0 Å². The molecule has 0 unspecified atom stereocenters. The van der Waals surface area contributed by atoms with Crippen molar-refractivity contribution in [1.29, 1.82) is 0 Å². The molecule has 7 heteroatoms. The molecule has 0 aliphatic carbocycles. The van der Waals surface area contributed by atoms with Gasteiger partial charge in [-0.3, -0.25) is 9.89 Å². The van der Waals surface area contributed by atoms with Gasteiger partial charge in [0.05, 0.1) is 5.60 Å². The third-order valence-electron chi connectivity index (χ3n) is 5.62. The number of aryl methyl sites for hydroxylation is 2. The van der Waals surface area contributed by atoms with Gasteiger partial charge in [-0.25, -0.2) is 4.98 Å². The van der Waals surface area contributed by atoms with Gasteiger partial charge in [0.2, 0.25) is 5.91 Å². The van der Waals surface area contributed by atoms with Crippen LogP contribution in [0.1, 0.15) is 44.3 Å². The average molecular weight is 336 g/mol. The number of carbonyl (C=O) groups excluding carboxylic acids is 1. The molecule has 1 aromatic rings. The Kier molecular flexibility index (Phi) is 5.20. The number of aliphatic hydroxyl groups is 1. The van der Waals surface area contributed by atoms with Gasteiger partial charge < -0.3 is 14.7 Å². The first-order valence-electron chi connectivity index (χ1n) is 8.95. The second-order valence-electron chi connectivity index (χ2n) is 7.21. The van der Waals surface area contributed by atoms with Crippen molar-refractivity contribution in [3.8, 4) is 0 Å². The molecule has 2 saturated heterocycles. The zero-order valence-electron chi connectivity index (χ0n) is 14.6. The van der Waals surface area contributed by atoms with Crippen LogP contribution in [0, 0.1) is 18.8 Å². The normalized spacial score (nSPS) is 29.0. The Labute approximate surface area is 142 Å². The Bertz CT molecular complexity index is 570. The van der Waals surface area contributed by atoms with Crippen LogP contribution in [-0.2, 0) is 16.0 Å². The summed E-state index contributed by atoms with van der Waals surface area (Å²) in [5.41, 5.74) is -0.665. The molecular formula is C17H28N4O3. The molecule has 134 valence electrons. The second-order valence-corrected chi connectivity index (χ2v) is 7.21. The van der Waals surface area contributed by atoms with E-state index in [1.54, 1.807) is 0 Å². The van der Waals surface area contributed by atoms with Gasteiger partial charge in [-0.1, -0.05) is 6.92 Å². The minimum atomic E-state index is -0.665. The van der Waals surface area contributed by atoms with Crippen LogP contribution in [0.3, 0.4) is 0 Å². The number of piperidine rings is 1. The van der Waals surface area contributed by atoms with Crippen LogP contribution in [0.4, 0.5) is 0 Å². The Hall–Kier alpha value is -1.47. The van der Waals surface area contributed by atoms with Gasteiger partial charge in [0.15, 0.2) is 5.82 Å². The highest BCUT2D eigenvalue weighted by atomic mass is 16.5. The zero-order chi connectivity index (χ0) is 17.2. The smallest absolute Gasteiger partial charge is 0.223 e. The number of ether oxygens (including phenoxy) is 1. The first-order valence-corrected chi connectivity index (χ1v) is 8.95. The van der Waals surface area contributed by atoms with Gasteiger partial charge in [0.1, 0.15) is 5.82 Å². The highest BCUT2D eigenvalue weighted by molar-refractivity contribution is 5.76. The van der Waals surface area contributed by atoms with Gasteiger partial charge >= 0.3 is 0 Å². The first-order chi connectivity index (χ1) is 11.5. The molecular weight excluding hydrogens is 308 g/mol. The Balaban J connectivity index is 1.53. The number of rotatable bonds is 4. The van der Waals surface area contributed by atoms with Crippen molar-refractivity contribution in [2.75, 3.05) is 26.3 Å². The summed E-state index contributed by atoms with van der Waals surface area (Å²) in [6.45, 7) is 6.63. The van der Waals surface area contributed by atoms with Gasteiger partial charge in [0, 0.05) is 45.1 Å². The number of hydrogen-bond donors (Lipinski definition) is 2. The van der Waals surface area contributed by atoms with Gasteiger partial charge in [-0.2, -0.15) is 5.10 Å². The fourth-order valence-electron chi connectivity index (χ4n) is 4.05. The lowest BCUT2D eigenvalue weighted by Crippen LogP contribution is -2.56. The Morgan fingerprint density at radius 2 is 2.21 bits per heavy atom. The van der Waals surface area contributed by atoms with E-state index in [9.17, 15) is 9.90 Å². The number of H-pyrrole nitrogens is 1. The summed E-state index contributed by atoms with van der Waals surface area (Å²) in [5, 5.41) is 18.0. The molecule has 2 atom stereocenters. The Morgan fingerprint density at radius 1 is 1.46 bits per heavy atom. The molecule has 3 rings (SSSR count). The number of nitrogens with zero attached hydrogens (tertiary/aromatic N) is 3. The van der Waals surface area contributed by atoms with Crippen molar-refractivity contribution in [2.45, 2.75) is 51.6 Å². The van der Waals surface area contributed by atoms with Crippen molar-refractivity contribution in [1.82, 2.24) is 20.1 Å². The summed E-state index contributed by atoms with van der Waals surface area (Å²) in [6.07, 6.45) is 3.46. The molecule has 2 N–H and O–H groups in total. The molecule has 2 aliphatic heterocycles. The van der Waals surface area contributed by atoms with Crippen molar-refractivity contribution < 1.29 is 14.6 Å². The van der Waals surface area contributed by atoms with Gasteiger partial charge in [0.25, 0.3) is 0 Å². The Morgan fingerprint density at radius 3 is 2.83 bits per heavy atom.